The highest BCUT2D eigenvalue weighted by Crippen LogP contribution is 2.36. The average molecular weight is 360 g/mol. The summed E-state index contributed by atoms with van der Waals surface area (Å²) in [6.45, 7) is 8.26. The Morgan fingerprint density at radius 3 is 1.91 bits per heavy atom. The number of benzene rings is 1. The van der Waals surface area contributed by atoms with Crippen LogP contribution < -0.4 is 5.46 Å². The van der Waals surface area contributed by atoms with E-state index in [0.29, 0.717) is 0 Å². The van der Waals surface area contributed by atoms with Gasteiger partial charge in [-0.2, -0.15) is 0 Å². The second-order valence-corrected chi connectivity index (χ2v) is 7.39. The molecule has 3 rings (SSSR count). The number of aromatic nitrogens is 1. The second-order valence-electron chi connectivity index (χ2n) is 6.58. The van der Waals surface area contributed by atoms with Crippen molar-refractivity contribution in [2.75, 3.05) is 0 Å². The summed E-state index contributed by atoms with van der Waals surface area (Å²) in [6.07, 6.45) is 1.86. The van der Waals surface area contributed by atoms with Crippen molar-refractivity contribution >= 4 is 28.5 Å². The number of hydrogen-bond acceptors (Lipinski definition) is 3. The lowest BCUT2D eigenvalue weighted by Gasteiger charge is -2.32. The van der Waals surface area contributed by atoms with Crippen LogP contribution in [0.2, 0.25) is 0 Å². The van der Waals surface area contributed by atoms with E-state index in [1.807, 2.05) is 18.3 Å². The van der Waals surface area contributed by atoms with Crippen molar-refractivity contribution < 1.29 is 9.31 Å². The molecule has 0 radical (unpaired) electrons. The van der Waals surface area contributed by atoms with Crippen LogP contribution in [0.1, 0.15) is 27.7 Å². The minimum Gasteiger partial charge on any atom is -0.399 e. The van der Waals surface area contributed by atoms with Gasteiger partial charge in [0, 0.05) is 11.8 Å². The molecule has 1 aliphatic rings. The van der Waals surface area contributed by atoms with E-state index in [2.05, 4.69) is 72.9 Å². The SMILES string of the molecule is CC1(C)OB(c2ccc(-c3ccc(Br)nc3)cc2)OC1(C)C. The third kappa shape index (κ3) is 2.85. The molecule has 114 valence electrons. The molecule has 1 aliphatic heterocycles. The standard InChI is InChI=1S/C17H19BBrNO2/c1-16(2)17(3,4)22-18(21-16)14-8-5-12(6-9-14)13-7-10-15(19)20-11-13/h5-11H,1-4H3. The number of halogens is 1. The third-order valence-corrected chi connectivity index (χ3v) is 4.97. The van der Waals surface area contributed by atoms with Crippen LogP contribution in [0, 0.1) is 0 Å². The molecule has 3 nitrogen and oxygen atoms in total. The van der Waals surface area contributed by atoms with Crippen molar-refractivity contribution in [2.45, 2.75) is 38.9 Å². The molecule has 0 atom stereocenters. The van der Waals surface area contributed by atoms with E-state index < -0.39 is 0 Å². The first kappa shape index (κ1) is 15.7. The van der Waals surface area contributed by atoms with Crippen LogP contribution in [0.3, 0.4) is 0 Å². The highest BCUT2D eigenvalue weighted by atomic mass is 79.9. The fourth-order valence-corrected chi connectivity index (χ4v) is 2.59. The molecule has 1 aromatic heterocycles. The van der Waals surface area contributed by atoms with Gasteiger partial charge in [0.15, 0.2) is 0 Å². The predicted molar refractivity (Wildman–Crippen MR) is 93.1 cm³/mol. The van der Waals surface area contributed by atoms with Crippen LogP contribution >= 0.6 is 15.9 Å². The van der Waals surface area contributed by atoms with Crippen LogP contribution in [0.5, 0.6) is 0 Å². The van der Waals surface area contributed by atoms with E-state index in [-0.39, 0.29) is 18.3 Å². The van der Waals surface area contributed by atoms with E-state index in [0.717, 1.165) is 21.2 Å². The molecule has 0 amide bonds. The van der Waals surface area contributed by atoms with Gasteiger partial charge in [-0.15, -0.1) is 0 Å². The Labute approximate surface area is 140 Å². The highest BCUT2D eigenvalue weighted by Gasteiger charge is 2.51. The molecule has 22 heavy (non-hydrogen) atoms. The van der Waals surface area contributed by atoms with E-state index >= 15 is 0 Å². The Balaban J connectivity index is 1.82. The van der Waals surface area contributed by atoms with E-state index in [9.17, 15) is 0 Å². The van der Waals surface area contributed by atoms with Gasteiger partial charge in [-0.05, 0) is 60.7 Å². The summed E-state index contributed by atoms with van der Waals surface area (Å²) in [7, 11) is -0.318. The zero-order valence-electron chi connectivity index (χ0n) is 13.3. The molecule has 0 spiro atoms. The van der Waals surface area contributed by atoms with Crippen molar-refractivity contribution in [3.8, 4) is 11.1 Å². The van der Waals surface area contributed by atoms with E-state index in [1.165, 1.54) is 0 Å². The summed E-state index contributed by atoms with van der Waals surface area (Å²) in [6, 6.07) is 12.2. The zero-order chi connectivity index (χ0) is 16.0. The molecule has 0 N–H and O–H groups in total. The van der Waals surface area contributed by atoms with Crippen molar-refractivity contribution in [3.05, 3.63) is 47.2 Å². The molecule has 0 saturated carbocycles. The second kappa shape index (κ2) is 5.48. The molecule has 1 saturated heterocycles. The van der Waals surface area contributed by atoms with E-state index in [1.54, 1.807) is 0 Å². The minimum absolute atomic E-state index is 0.314. The lowest BCUT2D eigenvalue weighted by Crippen LogP contribution is -2.41. The monoisotopic (exact) mass is 359 g/mol. The topological polar surface area (TPSA) is 31.4 Å². The lowest BCUT2D eigenvalue weighted by molar-refractivity contribution is 0.00578. The maximum Gasteiger partial charge on any atom is 0.494 e. The fourth-order valence-electron chi connectivity index (χ4n) is 2.36. The molecular formula is C17H19BBrNO2. The van der Waals surface area contributed by atoms with Crippen LogP contribution in [-0.2, 0) is 9.31 Å². The van der Waals surface area contributed by atoms with Gasteiger partial charge in [0.1, 0.15) is 4.60 Å². The number of nitrogens with zero attached hydrogens (tertiary/aromatic N) is 1. The predicted octanol–water partition coefficient (Wildman–Crippen LogP) is 3.81. The van der Waals surface area contributed by atoms with Crippen molar-refractivity contribution in [2.24, 2.45) is 0 Å². The minimum atomic E-state index is -0.318. The molecule has 0 bridgehead atoms. The summed E-state index contributed by atoms with van der Waals surface area (Å²) < 4.78 is 13.0. The summed E-state index contributed by atoms with van der Waals surface area (Å²) in [4.78, 5) is 4.26. The quantitative estimate of drug-likeness (QED) is 0.603. The smallest absolute Gasteiger partial charge is 0.399 e. The molecular weight excluding hydrogens is 341 g/mol. The lowest BCUT2D eigenvalue weighted by atomic mass is 9.78. The van der Waals surface area contributed by atoms with Crippen molar-refractivity contribution in [1.29, 1.82) is 0 Å². The molecule has 2 heterocycles. The van der Waals surface area contributed by atoms with Crippen LogP contribution in [-0.4, -0.2) is 23.3 Å². The highest BCUT2D eigenvalue weighted by molar-refractivity contribution is 9.10. The first-order valence-corrected chi connectivity index (χ1v) is 8.15. The van der Waals surface area contributed by atoms with E-state index in [4.69, 9.17) is 9.31 Å². The van der Waals surface area contributed by atoms with Crippen LogP contribution in [0.25, 0.3) is 11.1 Å². The maximum absolute atomic E-state index is 6.07. The summed E-state index contributed by atoms with van der Waals surface area (Å²) in [5.41, 5.74) is 2.62. The van der Waals surface area contributed by atoms with Gasteiger partial charge < -0.3 is 9.31 Å². The van der Waals surface area contributed by atoms with Gasteiger partial charge >= 0.3 is 7.12 Å². The summed E-state index contributed by atoms with van der Waals surface area (Å²) in [5.74, 6) is 0. The maximum atomic E-state index is 6.07. The number of pyridine rings is 1. The zero-order valence-corrected chi connectivity index (χ0v) is 14.8. The van der Waals surface area contributed by atoms with Crippen molar-refractivity contribution in [3.63, 3.8) is 0 Å². The Morgan fingerprint density at radius 2 is 1.41 bits per heavy atom. The van der Waals surface area contributed by atoms with Gasteiger partial charge in [0.05, 0.1) is 11.2 Å². The Morgan fingerprint density at radius 1 is 0.864 bits per heavy atom. The summed E-state index contributed by atoms with van der Waals surface area (Å²) >= 11 is 3.35. The van der Waals surface area contributed by atoms with Gasteiger partial charge in [0.25, 0.3) is 0 Å². The summed E-state index contributed by atoms with van der Waals surface area (Å²) in [5, 5.41) is 0. The molecule has 0 unspecified atom stereocenters. The van der Waals surface area contributed by atoms with Crippen molar-refractivity contribution in [1.82, 2.24) is 4.98 Å². The average Bonchev–Trinajstić information content (AvgIpc) is 2.68. The van der Waals surface area contributed by atoms with Gasteiger partial charge in [-0.1, -0.05) is 30.3 Å². The molecule has 2 aromatic rings. The Hall–Kier alpha value is -1.17. The molecule has 1 fully saturated rings. The number of rotatable bonds is 2. The third-order valence-electron chi connectivity index (χ3n) is 4.50. The fraction of sp³-hybridized carbons (Fsp3) is 0.353. The number of hydrogen-bond donors (Lipinski definition) is 0. The molecule has 0 aliphatic carbocycles. The van der Waals surface area contributed by atoms with Crippen LogP contribution in [0.4, 0.5) is 0 Å². The molecule has 1 aromatic carbocycles. The van der Waals surface area contributed by atoms with Crippen LogP contribution in [0.15, 0.2) is 47.2 Å². The molecule has 5 heteroatoms. The first-order valence-electron chi connectivity index (χ1n) is 7.36. The Kier molecular flexibility index (Phi) is 3.92. The largest absolute Gasteiger partial charge is 0.494 e. The van der Waals surface area contributed by atoms with Gasteiger partial charge in [0.2, 0.25) is 0 Å². The first-order chi connectivity index (χ1) is 10.3. The normalized spacial score (nSPS) is 19.4. The van der Waals surface area contributed by atoms with Gasteiger partial charge in [-0.25, -0.2) is 4.98 Å². The Bertz CT molecular complexity index is 652. The van der Waals surface area contributed by atoms with Gasteiger partial charge in [-0.3, -0.25) is 0 Å².